The van der Waals surface area contributed by atoms with Gasteiger partial charge < -0.3 is 9.73 Å². The van der Waals surface area contributed by atoms with Gasteiger partial charge in [-0.3, -0.25) is 9.69 Å². The van der Waals surface area contributed by atoms with E-state index >= 15 is 0 Å². The first kappa shape index (κ1) is 16.0. The van der Waals surface area contributed by atoms with Gasteiger partial charge in [-0.05, 0) is 67.4 Å². The number of amides is 1. The monoisotopic (exact) mass is 336 g/mol. The summed E-state index contributed by atoms with van der Waals surface area (Å²) in [5.74, 6) is -0.374. The van der Waals surface area contributed by atoms with Crippen molar-refractivity contribution in [2.75, 3.05) is 19.6 Å². The molecule has 1 fully saturated rings. The molecule has 6 heteroatoms. The van der Waals surface area contributed by atoms with Crippen LogP contribution in [0.3, 0.4) is 0 Å². The molecule has 2 heterocycles. The number of likely N-dealkylation sites (tertiary alicyclic amines) is 1. The van der Waals surface area contributed by atoms with E-state index in [0.29, 0.717) is 6.54 Å². The third-order valence-corrected chi connectivity index (χ3v) is 4.29. The van der Waals surface area contributed by atoms with Crippen LogP contribution in [0.5, 0.6) is 0 Å². The molecule has 0 saturated carbocycles. The highest BCUT2D eigenvalue weighted by atomic mass is 35.5. The molecule has 0 radical (unpaired) electrons. The fourth-order valence-corrected chi connectivity index (χ4v) is 3.05. The van der Waals surface area contributed by atoms with Crippen molar-refractivity contribution in [3.05, 3.63) is 58.8 Å². The Bertz CT molecular complexity index is 665. The van der Waals surface area contributed by atoms with Crippen molar-refractivity contribution in [2.45, 2.75) is 18.9 Å². The molecule has 1 aromatic carbocycles. The second-order valence-corrected chi connectivity index (χ2v) is 6.00. The Kier molecular flexibility index (Phi) is 4.98. The number of nitrogens with one attached hydrogen (secondary N) is 1. The summed E-state index contributed by atoms with van der Waals surface area (Å²) in [5.41, 5.74) is 0.992. The quantitative estimate of drug-likeness (QED) is 0.906. The first-order valence-electron chi connectivity index (χ1n) is 7.66. The van der Waals surface area contributed by atoms with Crippen LogP contribution >= 0.6 is 11.6 Å². The number of benzene rings is 1. The van der Waals surface area contributed by atoms with Crippen LogP contribution < -0.4 is 5.32 Å². The summed E-state index contributed by atoms with van der Waals surface area (Å²) in [6.45, 7) is 2.39. The number of furan rings is 1. The lowest BCUT2D eigenvalue weighted by Gasteiger charge is -2.28. The van der Waals surface area contributed by atoms with Gasteiger partial charge in [0.2, 0.25) is 0 Å². The fourth-order valence-electron chi connectivity index (χ4n) is 2.91. The number of hydrogen-bond acceptors (Lipinski definition) is 3. The fraction of sp³-hybridized carbons (Fsp3) is 0.353. The van der Waals surface area contributed by atoms with E-state index in [-0.39, 0.29) is 28.7 Å². The molecule has 1 atom stereocenters. The van der Waals surface area contributed by atoms with Gasteiger partial charge in [0.25, 0.3) is 5.91 Å². The molecule has 23 heavy (non-hydrogen) atoms. The van der Waals surface area contributed by atoms with Gasteiger partial charge in [0.15, 0.2) is 11.0 Å². The summed E-state index contributed by atoms with van der Waals surface area (Å²) in [5, 5.41) is 3.06. The molecular formula is C17H18ClFN2O2. The highest BCUT2D eigenvalue weighted by molar-refractivity contribution is 6.29. The van der Waals surface area contributed by atoms with Crippen molar-refractivity contribution in [2.24, 2.45) is 0 Å². The second-order valence-electron chi connectivity index (χ2n) is 5.62. The Morgan fingerprint density at radius 1 is 1.22 bits per heavy atom. The first-order valence-corrected chi connectivity index (χ1v) is 8.04. The standard InChI is InChI=1S/C17H18ClFN2O2/c18-16-8-7-15(23-16)17(22)20-11-14(21-9-1-2-10-21)12-3-5-13(19)6-4-12/h3-8,14H,1-2,9-11H2,(H,20,22). The van der Waals surface area contributed by atoms with Gasteiger partial charge in [0.05, 0.1) is 6.04 Å². The lowest BCUT2D eigenvalue weighted by atomic mass is 10.1. The van der Waals surface area contributed by atoms with E-state index in [4.69, 9.17) is 16.0 Å². The molecule has 0 aliphatic carbocycles. The highest BCUT2D eigenvalue weighted by Gasteiger charge is 2.24. The molecule has 3 rings (SSSR count). The molecule has 122 valence electrons. The third-order valence-electron chi connectivity index (χ3n) is 4.09. The van der Waals surface area contributed by atoms with Crippen LogP contribution in [-0.2, 0) is 0 Å². The number of nitrogens with zero attached hydrogens (tertiary/aromatic N) is 1. The lowest BCUT2D eigenvalue weighted by molar-refractivity contribution is 0.0910. The number of rotatable bonds is 5. The van der Waals surface area contributed by atoms with Crippen LogP contribution in [0, 0.1) is 5.82 Å². The summed E-state index contributed by atoms with van der Waals surface area (Å²) in [7, 11) is 0. The van der Waals surface area contributed by atoms with Crippen molar-refractivity contribution < 1.29 is 13.6 Å². The van der Waals surface area contributed by atoms with E-state index in [1.165, 1.54) is 18.2 Å². The SMILES string of the molecule is O=C(NCC(c1ccc(F)cc1)N1CCCC1)c1ccc(Cl)o1. The van der Waals surface area contributed by atoms with Crippen LogP contribution in [0.1, 0.15) is 35.0 Å². The van der Waals surface area contributed by atoms with Gasteiger partial charge in [-0.25, -0.2) is 4.39 Å². The molecule has 4 nitrogen and oxygen atoms in total. The van der Waals surface area contributed by atoms with Crippen molar-refractivity contribution in [3.63, 3.8) is 0 Å². The molecule has 2 aromatic rings. The van der Waals surface area contributed by atoms with Crippen LogP contribution in [0.25, 0.3) is 0 Å². The molecule has 1 unspecified atom stereocenters. The van der Waals surface area contributed by atoms with E-state index < -0.39 is 0 Å². The second kappa shape index (κ2) is 7.15. The summed E-state index contributed by atoms with van der Waals surface area (Å²) < 4.78 is 18.3. The molecule has 1 aliphatic heterocycles. The maximum absolute atomic E-state index is 13.2. The zero-order chi connectivity index (χ0) is 16.2. The number of halogens is 2. The van der Waals surface area contributed by atoms with Gasteiger partial charge in [-0.2, -0.15) is 0 Å². The average Bonchev–Trinajstić information content (AvgIpc) is 3.21. The van der Waals surface area contributed by atoms with Gasteiger partial charge in [-0.15, -0.1) is 0 Å². The third kappa shape index (κ3) is 3.92. The van der Waals surface area contributed by atoms with Crippen LogP contribution in [0.4, 0.5) is 4.39 Å². The molecule has 1 amide bonds. The molecular weight excluding hydrogens is 319 g/mol. The molecule has 0 bridgehead atoms. The average molecular weight is 337 g/mol. The van der Waals surface area contributed by atoms with Crippen molar-refractivity contribution in [1.29, 1.82) is 0 Å². The van der Waals surface area contributed by atoms with Crippen molar-refractivity contribution in [3.8, 4) is 0 Å². The van der Waals surface area contributed by atoms with E-state index in [9.17, 15) is 9.18 Å². The molecule has 1 aromatic heterocycles. The number of carbonyl (C=O) groups is 1. The van der Waals surface area contributed by atoms with Gasteiger partial charge >= 0.3 is 0 Å². The van der Waals surface area contributed by atoms with E-state index in [2.05, 4.69) is 10.2 Å². The van der Waals surface area contributed by atoms with Gasteiger partial charge in [-0.1, -0.05) is 12.1 Å². The maximum atomic E-state index is 13.2. The van der Waals surface area contributed by atoms with Crippen LogP contribution in [-0.4, -0.2) is 30.4 Å². The summed E-state index contributed by atoms with van der Waals surface area (Å²) in [6.07, 6.45) is 2.28. The minimum Gasteiger partial charge on any atom is -0.440 e. The summed E-state index contributed by atoms with van der Waals surface area (Å²) in [4.78, 5) is 14.4. The van der Waals surface area contributed by atoms with Gasteiger partial charge in [0.1, 0.15) is 5.82 Å². The molecule has 1 N–H and O–H groups in total. The van der Waals surface area contributed by atoms with Crippen molar-refractivity contribution in [1.82, 2.24) is 10.2 Å². The van der Waals surface area contributed by atoms with Gasteiger partial charge in [0, 0.05) is 6.54 Å². The van der Waals surface area contributed by atoms with E-state index in [0.717, 1.165) is 31.5 Å². The zero-order valence-corrected chi connectivity index (χ0v) is 13.4. The highest BCUT2D eigenvalue weighted by Crippen LogP contribution is 2.25. The van der Waals surface area contributed by atoms with Crippen LogP contribution in [0.15, 0.2) is 40.8 Å². The van der Waals surface area contributed by atoms with E-state index in [1.54, 1.807) is 18.2 Å². The zero-order valence-electron chi connectivity index (χ0n) is 12.6. The Hall–Kier alpha value is -1.85. The Morgan fingerprint density at radius 3 is 2.52 bits per heavy atom. The predicted octanol–water partition coefficient (Wildman–Crippen LogP) is 3.64. The summed E-state index contributed by atoms with van der Waals surface area (Å²) in [6, 6.07) is 9.54. The Morgan fingerprint density at radius 2 is 1.91 bits per heavy atom. The first-order chi connectivity index (χ1) is 11.1. The number of carbonyl (C=O) groups excluding carboxylic acids is 1. The Balaban J connectivity index is 1.71. The summed E-state index contributed by atoms with van der Waals surface area (Å²) >= 11 is 5.69. The van der Waals surface area contributed by atoms with Crippen molar-refractivity contribution >= 4 is 17.5 Å². The Labute approximate surface area is 139 Å². The minimum atomic E-state index is -0.303. The molecule has 1 saturated heterocycles. The predicted molar refractivity (Wildman–Crippen MR) is 86.0 cm³/mol. The number of hydrogen-bond donors (Lipinski definition) is 1. The largest absolute Gasteiger partial charge is 0.440 e. The smallest absolute Gasteiger partial charge is 0.287 e. The van der Waals surface area contributed by atoms with Crippen LogP contribution in [0.2, 0.25) is 5.22 Å². The molecule has 0 spiro atoms. The topological polar surface area (TPSA) is 45.5 Å². The normalized spacial score (nSPS) is 16.4. The van der Waals surface area contributed by atoms with E-state index in [1.807, 2.05) is 0 Å². The molecule has 1 aliphatic rings. The lowest BCUT2D eigenvalue weighted by Crippen LogP contribution is -2.36. The minimum absolute atomic E-state index is 0.0208. The maximum Gasteiger partial charge on any atom is 0.287 e.